The second-order valence-electron chi connectivity index (χ2n) is 4.81. The fourth-order valence-electron chi connectivity index (χ4n) is 1.83. The highest BCUT2D eigenvalue weighted by molar-refractivity contribution is 5.85. The minimum absolute atomic E-state index is 0. The molecule has 3 N–H and O–H groups in total. The van der Waals surface area contributed by atoms with Gasteiger partial charge in [0, 0.05) is 5.56 Å². The molecule has 3 nitrogen and oxygen atoms in total. The van der Waals surface area contributed by atoms with Gasteiger partial charge in [-0.25, -0.2) is 0 Å². The molecule has 0 radical (unpaired) electrons. The van der Waals surface area contributed by atoms with Crippen LogP contribution in [0.25, 0.3) is 0 Å². The van der Waals surface area contributed by atoms with Gasteiger partial charge in [0.25, 0.3) is 0 Å². The highest BCUT2D eigenvalue weighted by atomic mass is 35.5. The summed E-state index contributed by atoms with van der Waals surface area (Å²) in [5.41, 5.74) is 6.94. The predicted octanol–water partition coefficient (Wildman–Crippen LogP) is 2.91. The van der Waals surface area contributed by atoms with Crippen LogP contribution in [0.4, 0.5) is 0 Å². The van der Waals surface area contributed by atoms with E-state index in [0.717, 1.165) is 24.2 Å². The van der Waals surface area contributed by atoms with E-state index in [1.54, 1.807) is 7.11 Å². The van der Waals surface area contributed by atoms with Crippen LogP contribution < -0.4 is 10.5 Å². The lowest BCUT2D eigenvalue weighted by Gasteiger charge is -2.21. The number of halogens is 1. The summed E-state index contributed by atoms with van der Waals surface area (Å²) >= 11 is 0. The Morgan fingerprint density at radius 1 is 1.22 bits per heavy atom. The van der Waals surface area contributed by atoms with E-state index in [2.05, 4.69) is 13.8 Å². The number of aliphatic hydroxyl groups excluding tert-OH is 1. The van der Waals surface area contributed by atoms with Crippen LogP contribution in [0.2, 0.25) is 0 Å². The summed E-state index contributed by atoms with van der Waals surface area (Å²) in [6, 6.07) is 7.19. The maximum absolute atomic E-state index is 10.1. The van der Waals surface area contributed by atoms with Crippen molar-refractivity contribution in [3.8, 4) is 5.75 Å². The first-order chi connectivity index (χ1) is 8.06. The molecular weight excluding hydrogens is 250 g/mol. The third-order valence-corrected chi connectivity index (χ3v) is 2.95. The van der Waals surface area contributed by atoms with Crippen molar-refractivity contribution in [1.29, 1.82) is 0 Å². The lowest BCUT2D eigenvalue weighted by atomic mass is 9.95. The summed E-state index contributed by atoms with van der Waals surface area (Å²) in [6.45, 7) is 4.28. The Bertz CT molecular complexity index is 344. The number of aliphatic hydroxyl groups is 1. The van der Waals surface area contributed by atoms with Gasteiger partial charge < -0.3 is 15.6 Å². The van der Waals surface area contributed by atoms with E-state index < -0.39 is 6.10 Å². The minimum Gasteiger partial charge on any atom is -0.496 e. The molecule has 4 heteroatoms. The molecule has 0 saturated heterocycles. The van der Waals surface area contributed by atoms with Crippen LogP contribution in [0.5, 0.6) is 5.75 Å². The summed E-state index contributed by atoms with van der Waals surface area (Å²) in [5.74, 6) is 1.32. The standard InChI is InChI=1S/C14H23NO2.ClH/c1-10(2)8-9-12(16)14(15)11-6-4-5-7-13(11)17-3;/h4-7,10,12,14,16H,8-9,15H2,1-3H3;1H/t12-,14+;/m0./s1. The first-order valence-electron chi connectivity index (χ1n) is 6.12. The summed E-state index contributed by atoms with van der Waals surface area (Å²) in [5, 5.41) is 10.1. The average molecular weight is 274 g/mol. The molecule has 0 heterocycles. The molecule has 0 spiro atoms. The molecule has 0 aliphatic heterocycles. The molecule has 1 aromatic rings. The lowest BCUT2D eigenvalue weighted by Crippen LogP contribution is -2.26. The second kappa shape index (κ2) is 8.35. The number of methoxy groups -OCH3 is 1. The Labute approximate surface area is 116 Å². The molecule has 0 aliphatic carbocycles. The van der Waals surface area contributed by atoms with Crippen LogP contribution >= 0.6 is 12.4 Å². The number of hydrogen-bond acceptors (Lipinski definition) is 3. The van der Waals surface area contributed by atoms with Crippen molar-refractivity contribution in [2.45, 2.75) is 38.8 Å². The summed E-state index contributed by atoms with van der Waals surface area (Å²) in [4.78, 5) is 0. The van der Waals surface area contributed by atoms with Crippen molar-refractivity contribution >= 4 is 12.4 Å². The van der Waals surface area contributed by atoms with Crippen molar-refractivity contribution in [3.63, 3.8) is 0 Å². The Hall–Kier alpha value is -0.770. The SMILES string of the molecule is COc1ccccc1[C@@H](N)[C@@H](O)CCC(C)C.Cl. The number of ether oxygens (including phenoxy) is 1. The molecule has 0 saturated carbocycles. The molecule has 0 aliphatic rings. The Balaban J connectivity index is 0.00000289. The Morgan fingerprint density at radius 3 is 2.39 bits per heavy atom. The molecular formula is C14H24ClNO2. The van der Waals surface area contributed by atoms with E-state index in [1.165, 1.54) is 0 Å². The van der Waals surface area contributed by atoms with E-state index in [4.69, 9.17) is 10.5 Å². The van der Waals surface area contributed by atoms with Crippen molar-refractivity contribution in [1.82, 2.24) is 0 Å². The highest BCUT2D eigenvalue weighted by Gasteiger charge is 2.19. The van der Waals surface area contributed by atoms with Gasteiger partial charge in [-0.15, -0.1) is 12.4 Å². The number of rotatable bonds is 6. The second-order valence-corrected chi connectivity index (χ2v) is 4.81. The van der Waals surface area contributed by atoms with E-state index in [9.17, 15) is 5.11 Å². The number of hydrogen-bond donors (Lipinski definition) is 2. The Kier molecular flexibility index (Phi) is 8.00. The number of benzene rings is 1. The van der Waals surface area contributed by atoms with Crippen LogP contribution in [0.3, 0.4) is 0 Å². The monoisotopic (exact) mass is 273 g/mol. The molecule has 1 rings (SSSR count). The normalized spacial score (nSPS) is 13.9. The summed E-state index contributed by atoms with van der Waals surface area (Å²) in [6.07, 6.45) is 1.18. The van der Waals surface area contributed by atoms with Gasteiger partial charge in [0.1, 0.15) is 5.75 Å². The van der Waals surface area contributed by atoms with Gasteiger partial charge in [0.2, 0.25) is 0 Å². The quantitative estimate of drug-likeness (QED) is 0.838. The molecule has 0 fully saturated rings. The smallest absolute Gasteiger partial charge is 0.123 e. The van der Waals surface area contributed by atoms with Crippen LogP contribution in [0.1, 0.15) is 38.3 Å². The number of nitrogens with two attached hydrogens (primary N) is 1. The van der Waals surface area contributed by atoms with Gasteiger partial charge in [-0.3, -0.25) is 0 Å². The van der Waals surface area contributed by atoms with Gasteiger partial charge in [-0.1, -0.05) is 32.0 Å². The molecule has 0 bridgehead atoms. The summed E-state index contributed by atoms with van der Waals surface area (Å²) in [7, 11) is 1.62. The third-order valence-electron chi connectivity index (χ3n) is 2.95. The molecule has 18 heavy (non-hydrogen) atoms. The minimum atomic E-state index is -0.520. The van der Waals surface area contributed by atoms with Gasteiger partial charge in [0.15, 0.2) is 0 Å². The van der Waals surface area contributed by atoms with E-state index in [0.29, 0.717) is 5.92 Å². The largest absolute Gasteiger partial charge is 0.496 e. The fraction of sp³-hybridized carbons (Fsp3) is 0.571. The first-order valence-corrected chi connectivity index (χ1v) is 6.12. The molecule has 104 valence electrons. The molecule has 0 unspecified atom stereocenters. The molecule has 0 amide bonds. The van der Waals surface area contributed by atoms with E-state index in [1.807, 2.05) is 24.3 Å². The van der Waals surface area contributed by atoms with Crippen LogP contribution in [-0.2, 0) is 0 Å². The predicted molar refractivity (Wildman–Crippen MR) is 77.2 cm³/mol. The third kappa shape index (κ3) is 4.84. The zero-order chi connectivity index (χ0) is 12.8. The van der Waals surface area contributed by atoms with Gasteiger partial charge in [-0.2, -0.15) is 0 Å². The zero-order valence-corrected chi connectivity index (χ0v) is 12.1. The van der Waals surface area contributed by atoms with Crippen LogP contribution in [0, 0.1) is 5.92 Å². The number of para-hydroxylation sites is 1. The van der Waals surface area contributed by atoms with Crippen molar-refractivity contribution < 1.29 is 9.84 Å². The summed E-state index contributed by atoms with van der Waals surface area (Å²) < 4.78 is 5.25. The zero-order valence-electron chi connectivity index (χ0n) is 11.3. The average Bonchev–Trinajstić information content (AvgIpc) is 2.34. The van der Waals surface area contributed by atoms with E-state index >= 15 is 0 Å². The van der Waals surface area contributed by atoms with Crippen molar-refractivity contribution in [2.24, 2.45) is 11.7 Å². The Morgan fingerprint density at radius 2 is 1.83 bits per heavy atom. The van der Waals surface area contributed by atoms with Crippen molar-refractivity contribution in [3.05, 3.63) is 29.8 Å². The van der Waals surface area contributed by atoms with Gasteiger partial charge in [-0.05, 0) is 24.8 Å². The maximum atomic E-state index is 10.1. The van der Waals surface area contributed by atoms with Crippen LogP contribution in [-0.4, -0.2) is 18.3 Å². The highest BCUT2D eigenvalue weighted by Crippen LogP contribution is 2.27. The van der Waals surface area contributed by atoms with Gasteiger partial charge in [0.05, 0.1) is 19.3 Å². The fourth-order valence-corrected chi connectivity index (χ4v) is 1.83. The van der Waals surface area contributed by atoms with Gasteiger partial charge >= 0.3 is 0 Å². The topological polar surface area (TPSA) is 55.5 Å². The molecule has 2 atom stereocenters. The lowest BCUT2D eigenvalue weighted by molar-refractivity contribution is 0.127. The molecule has 1 aromatic carbocycles. The maximum Gasteiger partial charge on any atom is 0.123 e. The first kappa shape index (κ1) is 17.2. The van der Waals surface area contributed by atoms with E-state index in [-0.39, 0.29) is 18.4 Å². The van der Waals surface area contributed by atoms with Crippen molar-refractivity contribution in [2.75, 3.05) is 7.11 Å². The van der Waals surface area contributed by atoms with Crippen LogP contribution in [0.15, 0.2) is 24.3 Å². The molecule has 0 aromatic heterocycles.